The van der Waals surface area contributed by atoms with Gasteiger partial charge in [-0.05, 0) is 67.2 Å². The molecular formula is C29H30N2O2. The highest BCUT2D eigenvalue weighted by Crippen LogP contribution is 2.41. The van der Waals surface area contributed by atoms with E-state index >= 15 is 0 Å². The minimum absolute atomic E-state index is 0.242. The number of hydrogen-bond donors (Lipinski definition) is 2. The zero-order valence-corrected chi connectivity index (χ0v) is 18.8. The first-order chi connectivity index (χ1) is 16.3. The summed E-state index contributed by atoms with van der Waals surface area (Å²) in [7, 11) is 0. The minimum atomic E-state index is 0.242. The molecule has 0 aliphatic carbocycles. The molecule has 0 spiro atoms. The summed E-state index contributed by atoms with van der Waals surface area (Å²) in [6, 6.07) is 27.9. The SMILES string of the molecule is Oc1cccc(-c2ccc3ccccc3c2Oc2ccccc2NCCN2CCCCC2)c1. The Kier molecular flexibility index (Phi) is 6.45. The molecule has 4 heteroatoms. The standard InChI is InChI=1S/C29H30N2O2/c32-24-11-8-10-23(21-24)26-16-15-22-9-2-3-12-25(22)29(26)33-28-14-5-4-13-27(28)30-17-20-31-18-6-1-7-19-31/h2-5,8-16,21,30,32H,1,6-7,17-20H2. The van der Waals surface area contributed by atoms with Gasteiger partial charge in [-0.25, -0.2) is 0 Å². The summed E-state index contributed by atoms with van der Waals surface area (Å²) in [5.74, 6) is 1.84. The van der Waals surface area contributed by atoms with Crippen LogP contribution in [0.1, 0.15) is 19.3 Å². The van der Waals surface area contributed by atoms with Crippen LogP contribution in [-0.2, 0) is 0 Å². The van der Waals surface area contributed by atoms with Crippen LogP contribution in [0.15, 0.2) is 84.9 Å². The lowest BCUT2D eigenvalue weighted by atomic mass is 9.99. The number of aromatic hydroxyl groups is 1. The van der Waals surface area contributed by atoms with E-state index in [4.69, 9.17) is 4.74 Å². The van der Waals surface area contributed by atoms with Crippen molar-refractivity contribution >= 4 is 16.5 Å². The van der Waals surface area contributed by atoms with Crippen LogP contribution in [-0.4, -0.2) is 36.2 Å². The Hall–Kier alpha value is -3.50. The lowest BCUT2D eigenvalue weighted by Crippen LogP contribution is -2.33. The first kappa shape index (κ1) is 21.4. The Morgan fingerprint density at radius 3 is 2.52 bits per heavy atom. The molecule has 2 N–H and O–H groups in total. The van der Waals surface area contributed by atoms with E-state index in [0.29, 0.717) is 0 Å². The fraction of sp³-hybridized carbons (Fsp3) is 0.241. The first-order valence-corrected chi connectivity index (χ1v) is 11.8. The van der Waals surface area contributed by atoms with Crippen LogP contribution < -0.4 is 10.1 Å². The van der Waals surface area contributed by atoms with E-state index in [1.54, 1.807) is 12.1 Å². The van der Waals surface area contributed by atoms with Crippen LogP contribution in [0, 0.1) is 0 Å². The Labute approximate surface area is 195 Å². The van der Waals surface area contributed by atoms with E-state index in [9.17, 15) is 5.11 Å². The zero-order chi connectivity index (χ0) is 22.5. The normalized spacial score (nSPS) is 14.3. The van der Waals surface area contributed by atoms with Gasteiger partial charge in [0.2, 0.25) is 0 Å². The third-order valence-electron chi connectivity index (χ3n) is 6.33. The molecule has 1 saturated heterocycles. The second-order valence-corrected chi connectivity index (χ2v) is 8.64. The molecular weight excluding hydrogens is 408 g/mol. The Morgan fingerprint density at radius 2 is 1.64 bits per heavy atom. The molecule has 4 aromatic rings. The van der Waals surface area contributed by atoms with Gasteiger partial charge >= 0.3 is 0 Å². The number of para-hydroxylation sites is 2. The molecule has 0 atom stereocenters. The highest BCUT2D eigenvalue weighted by molar-refractivity contribution is 5.95. The maximum atomic E-state index is 10.1. The summed E-state index contributed by atoms with van der Waals surface area (Å²) < 4.78 is 6.63. The molecule has 0 amide bonds. The third kappa shape index (κ3) is 4.96. The van der Waals surface area contributed by atoms with Crippen molar-refractivity contribution in [2.24, 2.45) is 0 Å². The maximum absolute atomic E-state index is 10.1. The molecule has 0 saturated carbocycles. The molecule has 4 aromatic carbocycles. The van der Waals surface area contributed by atoms with Gasteiger partial charge in [0.25, 0.3) is 0 Å². The molecule has 1 heterocycles. The number of fused-ring (bicyclic) bond motifs is 1. The van der Waals surface area contributed by atoms with Gasteiger partial charge in [0.1, 0.15) is 11.5 Å². The van der Waals surface area contributed by atoms with Gasteiger partial charge in [0.05, 0.1) is 5.69 Å². The molecule has 0 aromatic heterocycles. The highest BCUT2D eigenvalue weighted by Gasteiger charge is 2.15. The number of nitrogens with one attached hydrogen (secondary N) is 1. The number of anilines is 1. The quantitative estimate of drug-likeness (QED) is 0.329. The minimum Gasteiger partial charge on any atom is -0.508 e. The van der Waals surface area contributed by atoms with Crippen molar-refractivity contribution in [1.29, 1.82) is 0 Å². The number of piperidine rings is 1. The smallest absolute Gasteiger partial charge is 0.150 e. The van der Waals surface area contributed by atoms with E-state index < -0.39 is 0 Å². The number of ether oxygens (including phenoxy) is 1. The fourth-order valence-electron chi connectivity index (χ4n) is 4.60. The number of phenolic OH excluding ortho intramolecular Hbond substituents is 1. The van der Waals surface area contributed by atoms with E-state index in [1.807, 2.05) is 42.5 Å². The summed E-state index contributed by atoms with van der Waals surface area (Å²) in [5.41, 5.74) is 2.86. The topological polar surface area (TPSA) is 44.7 Å². The van der Waals surface area contributed by atoms with E-state index in [-0.39, 0.29) is 5.75 Å². The van der Waals surface area contributed by atoms with Gasteiger partial charge in [0, 0.05) is 24.0 Å². The average Bonchev–Trinajstić information content (AvgIpc) is 2.86. The maximum Gasteiger partial charge on any atom is 0.150 e. The Morgan fingerprint density at radius 1 is 0.818 bits per heavy atom. The lowest BCUT2D eigenvalue weighted by molar-refractivity contribution is 0.237. The zero-order valence-electron chi connectivity index (χ0n) is 18.8. The molecule has 1 aliphatic heterocycles. The van der Waals surface area contributed by atoms with Crippen LogP contribution in [0.25, 0.3) is 21.9 Å². The van der Waals surface area contributed by atoms with Gasteiger partial charge in [-0.15, -0.1) is 0 Å². The molecule has 0 bridgehead atoms. The summed E-state index contributed by atoms with van der Waals surface area (Å²) in [4.78, 5) is 2.53. The van der Waals surface area contributed by atoms with Gasteiger partial charge in [0.15, 0.2) is 5.75 Å². The fourth-order valence-corrected chi connectivity index (χ4v) is 4.60. The molecule has 0 radical (unpaired) electrons. The predicted molar refractivity (Wildman–Crippen MR) is 136 cm³/mol. The number of benzene rings is 4. The van der Waals surface area contributed by atoms with Crippen LogP contribution in [0.3, 0.4) is 0 Å². The van der Waals surface area contributed by atoms with Crippen LogP contribution in [0.2, 0.25) is 0 Å². The van der Waals surface area contributed by atoms with Crippen molar-refractivity contribution in [2.45, 2.75) is 19.3 Å². The van der Waals surface area contributed by atoms with Crippen LogP contribution in [0.5, 0.6) is 17.2 Å². The van der Waals surface area contributed by atoms with Crippen molar-refractivity contribution in [3.05, 3.63) is 84.9 Å². The summed E-state index contributed by atoms with van der Waals surface area (Å²) in [6.07, 6.45) is 3.96. The van der Waals surface area contributed by atoms with Gasteiger partial charge < -0.3 is 20.1 Å². The third-order valence-corrected chi connectivity index (χ3v) is 6.33. The lowest BCUT2D eigenvalue weighted by Gasteiger charge is -2.26. The molecule has 1 fully saturated rings. The molecule has 33 heavy (non-hydrogen) atoms. The van der Waals surface area contributed by atoms with Crippen LogP contribution >= 0.6 is 0 Å². The average molecular weight is 439 g/mol. The second-order valence-electron chi connectivity index (χ2n) is 8.64. The Balaban J connectivity index is 1.46. The van der Waals surface area contributed by atoms with Gasteiger partial charge in [-0.2, -0.15) is 0 Å². The summed E-state index contributed by atoms with van der Waals surface area (Å²) in [6.45, 7) is 4.32. The van der Waals surface area contributed by atoms with Crippen molar-refractivity contribution in [3.8, 4) is 28.4 Å². The number of rotatable bonds is 7. The first-order valence-electron chi connectivity index (χ1n) is 11.8. The molecule has 1 aliphatic rings. The molecule has 5 rings (SSSR count). The Bertz CT molecular complexity index is 1230. The number of likely N-dealkylation sites (tertiary alicyclic amines) is 1. The molecule has 4 nitrogen and oxygen atoms in total. The van der Waals surface area contributed by atoms with E-state index in [1.165, 1.54) is 32.4 Å². The van der Waals surface area contributed by atoms with Crippen molar-refractivity contribution in [3.63, 3.8) is 0 Å². The summed E-state index contributed by atoms with van der Waals surface area (Å²) >= 11 is 0. The largest absolute Gasteiger partial charge is 0.508 e. The predicted octanol–water partition coefficient (Wildman–Crippen LogP) is 6.90. The van der Waals surface area contributed by atoms with Gasteiger partial charge in [-0.3, -0.25) is 0 Å². The van der Waals surface area contributed by atoms with Crippen molar-refractivity contribution in [1.82, 2.24) is 4.90 Å². The van der Waals surface area contributed by atoms with E-state index in [2.05, 4.69) is 40.5 Å². The molecule has 168 valence electrons. The number of hydrogen-bond acceptors (Lipinski definition) is 4. The highest BCUT2D eigenvalue weighted by atomic mass is 16.5. The molecule has 0 unspecified atom stereocenters. The second kappa shape index (κ2) is 9.97. The van der Waals surface area contributed by atoms with E-state index in [0.717, 1.165) is 52.2 Å². The number of phenols is 1. The van der Waals surface area contributed by atoms with Gasteiger partial charge in [-0.1, -0.05) is 61.0 Å². The van der Waals surface area contributed by atoms with Crippen molar-refractivity contribution < 1.29 is 9.84 Å². The van der Waals surface area contributed by atoms with Crippen LogP contribution in [0.4, 0.5) is 5.69 Å². The van der Waals surface area contributed by atoms with Crippen molar-refractivity contribution in [2.75, 3.05) is 31.5 Å². The number of nitrogens with zero attached hydrogens (tertiary/aromatic N) is 1. The summed E-state index contributed by atoms with van der Waals surface area (Å²) in [5, 5.41) is 15.8. The monoisotopic (exact) mass is 438 g/mol.